The maximum Gasteiger partial charge on any atom is 0.453 e. The van der Waals surface area contributed by atoms with E-state index >= 15 is 0 Å². The number of alkyl halides is 3. The molecule has 230 valence electrons. The first kappa shape index (κ1) is 29.1. The van der Waals surface area contributed by atoms with Crippen molar-refractivity contribution in [1.29, 1.82) is 0 Å². The van der Waals surface area contributed by atoms with Crippen LogP contribution in [0, 0.1) is 11.8 Å². The van der Waals surface area contributed by atoms with E-state index in [0.717, 1.165) is 31.6 Å². The largest absolute Gasteiger partial charge is 0.508 e. The molecular formula is C28H32F3N7O5. The maximum absolute atomic E-state index is 13.3. The number of likely N-dealkylation sites (tertiary alicyclic amines) is 2. The number of tetrazole rings is 1. The third kappa shape index (κ3) is 5.94. The Morgan fingerprint density at radius 1 is 1.14 bits per heavy atom. The van der Waals surface area contributed by atoms with Crippen molar-refractivity contribution in [2.75, 3.05) is 19.7 Å². The van der Waals surface area contributed by atoms with E-state index in [1.54, 1.807) is 4.90 Å². The number of hydrogen-bond donors (Lipinski definition) is 2. The van der Waals surface area contributed by atoms with Gasteiger partial charge in [-0.2, -0.15) is 17.9 Å². The van der Waals surface area contributed by atoms with Gasteiger partial charge in [0.15, 0.2) is 0 Å². The summed E-state index contributed by atoms with van der Waals surface area (Å²) < 4.78 is 46.9. The quantitative estimate of drug-likeness (QED) is 0.456. The van der Waals surface area contributed by atoms with Crippen molar-refractivity contribution in [3.8, 4) is 11.4 Å². The predicted molar refractivity (Wildman–Crippen MR) is 142 cm³/mol. The van der Waals surface area contributed by atoms with E-state index in [9.17, 15) is 32.7 Å². The molecule has 3 aliphatic heterocycles. The molecule has 12 nitrogen and oxygen atoms in total. The number of benzene rings is 1. The Balaban J connectivity index is 1.09. The van der Waals surface area contributed by atoms with Crippen LogP contribution in [0.2, 0.25) is 0 Å². The number of amides is 3. The summed E-state index contributed by atoms with van der Waals surface area (Å²) in [7, 11) is 0. The number of piperidine rings is 2. The Labute approximate surface area is 244 Å². The molecule has 4 heterocycles. The number of imide groups is 1. The Morgan fingerprint density at radius 3 is 2.77 bits per heavy atom. The number of nitrogens with zero attached hydrogens (tertiary/aromatic N) is 6. The fourth-order valence-electron chi connectivity index (χ4n) is 6.61. The number of rotatable bonds is 7. The van der Waals surface area contributed by atoms with Crippen LogP contribution >= 0.6 is 0 Å². The van der Waals surface area contributed by atoms with E-state index in [1.165, 1.54) is 18.2 Å². The molecule has 15 heteroatoms. The normalized spacial score (nSPS) is 26.7. The highest BCUT2D eigenvalue weighted by atomic mass is 19.4. The molecule has 4 atom stereocenters. The molecule has 1 aromatic heterocycles. The second-order valence-corrected chi connectivity index (χ2v) is 11.6. The molecule has 3 fully saturated rings. The summed E-state index contributed by atoms with van der Waals surface area (Å²) in [6, 6.07) is 3.53. The first-order valence-electron chi connectivity index (χ1n) is 14.5. The minimum atomic E-state index is -4.74. The van der Waals surface area contributed by atoms with Crippen molar-refractivity contribution in [3.05, 3.63) is 41.4 Å². The van der Waals surface area contributed by atoms with Crippen LogP contribution in [0.3, 0.4) is 0 Å². The number of phenolic OH excluding ortho intramolecular Hbond substituents is 1. The third-order valence-electron chi connectivity index (χ3n) is 8.86. The van der Waals surface area contributed by atoms with Crippen LogP contribution in [-0.4, -0.2) is 84.6 Å². The fourth-order valence-corrected chi connectivity index (χ4v) is 6.61. The van der Waals surface area contributed by atoms with Gasteiger partial charge in [0, 0.05) is 43.5 Å². The topological polar surface area (TPSA) is 143 Å². The lowest BCUT2D eigenvalue weighted by atomic mass is 9.84. The van der Waals surface area contributed by atoms with Crippen molar-refractivity contribution < 1.29 is 37.4 Å². The van der Waals surface area contributed by atoms with Crippen LogP contribution in [0.25, 0.3) is 5.69 Å². The number of aromatic hydroxyl groups is 1. The van der Waals surface area contributed by atoms with Crippen molar-refractivity contribution in [2.45, 2.75) is 69.8 Å². The van der Waals surface area contributed by atoms with Crippen LogP contribution in [0.5, 0.6) is 5.75 Å². The van der Waals surface area contributed by atoms with Crippen molar-refractivity contribution in [1.82, 2.24) is 35.3 Å². The van der Waals surface area contributed by atoms with Crippen LogP contribution in [0.15, 0.2) is 30.0 Å². The number of phenols is 1. The molecule has 0 saturated carbocycles. The number of halogens is 3. The fraction of sp³-hybridized carbons (Fsp3) is 0.571. The average molecular weight is 604 g/mol. The third-order valence-corrected chi connectivity index (χ3v) is 8.86. The number of carbonyl (C=O) groups is 3. The summed E-state index contributed by atoms with van der Waals surface area (Å²) in [5.41, 5.74) is 0.542. The lowest BCUT2D eigenvalue weighted by Crippen LogP contribution is -2.53. The second kappa shape index (κ2) is 11.6. The smallest absolute Gasteiger partial charge is 0.453 e. The number of aromatic nitrogens is 4. The average Bonchev–Trinajstić information content (AvgIpc) is 3.59. The molecule has 6 rings (SSSR count). The van der Waals surface area contributed by atoms with E-state index in [0.29, 0.717) is 49.2 Å². The summed E-state index contributed by atoms with van der Waals surface area (Å²) in [5.74, 6) is -1.47. The molecule has 3 unspecified atom stereocenters. The summed E-state index contributed by atoms with van der Waals surface area (Å²) in [6.07, 6.45) is 1.64. The van der Waals surface area contributed by atoms with Gasteiger partial charge < -0.3 is 14.7 Å². The number of hydrogen-bond acceptors (Lipinski definition) is 9. The number of nitrogens with one attached hydrogen (secondary N) is 1. The Kier molecular flexibility index (Phi) is 7.83. The first-order valence-corrected chi connectivity index (χ1v) is 14.5. The van der Waals surface area contributed by atoms with Gasteiger partial charge in [-0.1, -0.05) is 6.42 Å². The highest BCUT2D eigenvalue weighted by Gasteiger charge is 2.47. The van der Waals surface area contributed by atoms with Gasteiger partial charge in [-0.3, -0.25) is 24.6 Å². The zero-order chi connectivity index (χ0) is 30.3. The zero-order valence-electron chi connectivity index (χ0n) is 23.3. The Morgan fingerprint density at radius 2 is 1.98 bits per heavy atom. The zero-order valence-corrected chi connectivity index (χ0v) is 23.3. The second-order valence-electron chi connectivity index (χ2n) is 11.6. The summed E-state index contributed by atoms with van der Waals surface area (Å²) in [6.45, 7) is 1.87. The van der Waals surface area contributed by atoms with Crippen LogP contribution in [0.4, 0.5) is 13.2 Å². The standard InChI is InChI=1S/C28H32F3N7O5/c29-28(30,31)27-33-34-35-38(27)18-4-8-23(39)17(11-18)13-36-10-2-1-3-19(36)15-43-20-5-6-21-16(12-20)14-37(26(21)42)22-7-9-24(40)32-25(22)41/h4-5,8,11,16,19,21-22,39H,1-3,6-7,9-10,12-15H2,(H,32,40,41)/t16?,19-,21?,22?/m1/s1. The number of ether oxygens (including phenoxy) is 1. The van der Waals surface area contributed by atoms with Gasteiger partial charge in [-0.15, -0.1) is 5.10 Å². The SMILES string of the molecule is O=C1CCC(N2CC3CC(OC[C@H]4CCCCN4Cc4cc(-n5nnnc5C(F)(F)F)ccc4O)=CCC3C2=O)C(=O)N1. The molecule has 1 aliphatic carbocycles. The lowest BCUT2D eigenvalue weighted by Gasteiger charge is -2.36. The van der Waals surface area contributed by atoms with Gasteiger partial charge in [0.25, 0.3) is 5.82 Å². The van der Waals surface area contributed by atoms with Gasteiger partial charge >= 0.3 is 6.18 Å². The van der Waals surface area contributed by atoms with Crippen LogP contribution < -0.4 is 5.32 Å². The number of fused-ring (bicyclic) bond motifs is 1. The highest BCUT2D eigenvalue weighted by Crippen LogP contribution is 2.39. The van der Waals surface area contributed by atoms with Gasteiger partial charge in [-0.05, 0) is 72.8 Å². The van der Waals surface area contributed by atoms with Gasteiger partial charge in [0.2, 0.25) is 17.7 Å². The molecule has 4 aliphatic rings. The lowest BCUT2D eigenvalue weighted by molar-refractivity contribution is -0.146. The predicted octanol–water partition coefficient (Wildman–Crippen LogP) is 2.32. The molecule has 3 saturated heterocycles. The molecule has 1 aromatic carbocycles. The number of allylic oxidation sites excluding steroid dienone is 2. The van der Waals surface area contributed by atoms with E-state index in [1.807, 2.05) is 6.08 Å². The number of carbonyl (C=O) groups excluding carboxylic acids is 3. The Bertz CT molecular complexity index is 1440. The summed E-state index contributed by atoms with van der Waals surface area (Å²) >= 11 is 0. The van der Waals surface area contributed by atoms with E-state index in [2.05, 4.69) is 25.7 Å². The molecule has 0 radical (unpaired) electrons. The first-order chi connectivity index (χ1) is 20.6. The van der Waals surface area contributed by atoms with Crippen LogP contribution in [0.1, 0.15) is 56.3 Å². The molecule has 0 bridgehead atoms. The van der Waals surface area contributed by atoms with Gasteiger partial charge in [0.1, 0.15) is 18.4 Å². The van der Waals surface area contributed by atoms with E-state index in [4.69, 9.17) is 4.74 Å². The molecule has 0 spiro atoms. The highest BCUT2D eigenvalue weighted by molar-refractivity contribution is 6.02. The molecule has 3 amide bonds. The summed E-state index contributed by atoms with van der Waals surface area (Å²) in [4.78, 5) is 40.8. The van der Waals surface area contributed by atoms with E-state index < -0.39 is 23.9 Å². The van der Waals surface area contributed by atoms with Crippen molar-refractivity contribution >= 4 is 17.7 Å². The minimum absolute atomic E-state index is 0.0133. The molecule has 43 heavy (non-hydrogen) atoms. The molecule has 2 N–H and O–H groups in total. The minimum Gasteiger partial charge on any atom is -0.508 e. The molecular weight excluding hydrogens is 571 g/mol. The molecule has 2 aromatic rings. The van der Waals surface area contributed by atoms with Crippen molar-refractivity contribution in [2.24, 2.45) is 11.8 Å². The monoisotopic (exact) mass is 603 g/mol. The summed E-state index contributed by atoms with van der Waals surface area (Å²) in [5, 5.41) is 22.6. The van der Waals surface area contributed by atoms with Crippen molar-refractivity contribution in [3.63, 3.8) is 0 Å². The maximum atomic E-state index is 13.3. The van der Waals surface area contributed by atoms with E-state index in [-0.39, 0.29) is 47.5 Å². The van der Waals surface area contributed by atoms with Gasteiger partial charge in [-0.25, -0.2) is 0 Å². The van der Waals surface area contributed by atoms with Crippen LogP contribution in [-0.2, 0) is 31.8 Å². The Hall–Kier alpha value is -4.01. The van der Waals surface area contributed by atoms with Gasteiger partial charge in [0.05, 0.1) is 11.4 Å².